The van der Waals surface area contributed by atoms with Gasteiger partial charge in [-0.25, -0.2) is 4.39 Å². The Kier molecular flexibility index (Phi) is 7.01. The molecule has 112 valence electrons. The molecule has 0 aromatic heterocycles. The van der Waals surface area contributed by atoms with Crippen LogP contribution in [0.1, 0.15) is 20.8 Å². The summed E-state index contributed by atoms with van der Waals surface area (Å²) in [6.07, 6.45) is -0.645. The Bertz CT molecular complexity index is 422. The molecule has 1 aromatic carbocycles. The lowest BCUT2D eigenvalue weighted by atomic mass is 10.3. The minimum absolute atomic E-state index is 0.193. The van der Waals surface area contributed by atoms with Gasteiger partial charge in [0.2, 0.25) is 0 Å². The second kappa shape index (κ2) is 8.53. The summed E-state index contributed by atoms with van der Waals surface area (Å²) in [5.74, 6) is -0.213. The highest BCUT2D eigenvalue weighted by Gasteiger charge is 2.14. The third-order valence-electron chi connectivity index (χ3n) is 3.10. The number of amides is 1. The number of carbonyl (C=O) groups is 1. The number of likely N-dealkylation sites (N-methyl/N-ethyl adjacent to an activating group) is 1. The average molecular weight is 282 g/mol. The van der Waals surface area contributed by atoms with Crippen molar-refractivity contribution in [3.63, 3.8) is 0 Å². The number of hydrogen-bond acceptors (Lipinski definition) is 3. The average Bonchev–Trinajstić information content (AvgIpc) is 2.43. The van der Waals surface area contributed by atoms with Crippen LogP contribution in [0.4, 0.5) is 4.39 Å². The number of nitrogens with one attached hydrogen (secondary N) is 1. The highest BCUT2D eigenvalue weighted by molar-refractivity contribution is 5.80. The van der Waals surface area contributed by atoms with Crippen molar-refractivity contribution in [2.24, 2.45) is 0 Å². The van der Waals surface area contributed by atoms with Crippen LogP contribution in [0.3, 0.4) is 0 Å². The van der Waals surface area contributed by atoms with Gasteiger partial charge in [0.1, 0.15) is 11.6 Å². The van der Waals surface area contributed by atoms with E-state index in [4.69, 9.17) is 4.74 Å². The predicted molar refractivity (Wildman–Crippen MR) is 77.3 cm³/mol. The second-order valence-electron chi connectivity index (χ2n) is 4.54. The minimum Gasteiger partial charge on any atom is -0.481 e. The topological polar surface area (TPSA) is 41.6 Å². The van der Waals surface area contributed by atoms with E-state index in [1.807, 2.05) is 0 Å². The van der Waals surface area contributed by atoms with E-state index in [0.717, 1.165) is 19.6 Å². The van der Waals surface area contributed by atoms with Gasteiger partial charge in [-0.15, -0.1) is 0 Å². The van der Waals surface area contributed by atoms with E-state index in [2.05, 4.69) is 24.1 Å². The maximum Gasteiger partial charge on any atom is 0.260 e. The predicted octanol–water partition coefficient (Wildman–Crippen LogP) is 2.05. The zero-order valence-electron chi connectivity index (χ0n) is 12.4. The van der Waals surface area contributed by atoms with Gasteiger partial charge in [-0.05, 0) is 32.1 Å². The monoisotopic (exact) mass is 282 g/mol. The van der Waals surface area contributed by atoms with Crippen molar-refractivity contribution in [1.29, 1.82) is 0 Å². The molecule has 0 radical (unpaired) electrons. The van der Waals surface area contributed by atoms with Gasteiger partial charge in [-0.2, -0.15) is 0 Å². The zero-order chi connectivity index (χ0) is 15.0. The van der Waals surface area contributed by atoms with E-state index in [9.17, 15) is 9.18 Å². The highest BCUT2D eigenvalue weighted by Crippen LogP contribution is 2.13. The maximum atomic E-state index is 13.0. The molecule has 0 saturated heterocycles. The number of benzene rings is 1. The van der Waals surface area contributed by atoms with Crippen LogP contribution in [0.25, 0.3) is 0 Å². The molecule has 0 aliphatic heterocycles. The van der Waals surface area contributed by atoms with Crippen molar-refractivity contribution in [3.8, 4) is 5.75 Å². The maximum absolute atomic E-state index is 13.0. The summed E-state index contributed by atoms with van der Waals surface area (Å²) < 4.78 is 18.4. The third kappa shape index (κ3) is 5.57. The van der Waals surface area contributed by atoms with Crippen LogP contribution < -0.4 is 10.1 Å². The lowest BCUT2D eigenvalue weighted by Gasteiger charge is -2.19. The summed E-state index contributed by atoms with van der Waals surface area (Å²) in [4.78, 5) is 14.1. The molecule has 0 aliphatic rings. The molecule has 1 amide bonds. The van der Waals surface area contributed by atoms with E-state index < -0.39 is 6.10 Å². The van der Waals surface area contributed by atoms with Crippen LogP contribution >= 0.6 is 0 Å². The molecular weight excluding hydrogens is 259 g/mol. The summed E-state index contributed by atoms with van der Waals surface area (Å²) in [5, 5.41) is 2.82. The van der Waals surface area contributed by atoms with Crippen LogP contribution in [0.15, 0.2) is 24.3 Å². The fraction of sp³-hybridized carbons (Fsp3) is 0.533. The summed E-state index contributed by atoms with van der Waals surface area (Å²) in [5.41, 5.74) is 0. The van der Waals surface area contributed by atoms with Crippen molar-refractivity contribution >= 4 is 5.91 Å². The molecule has 4 nitrogen and oxygen atoms in total. The molecule has 0 aliphatic carbocycles. The summed E-state index contributed by atoms with van der Waals surface area (Å²) in [6, 6.07) is 5.78. The van der Waals surface area contributed by atoms with Gasteiger partial charge in [0.15, 0.2) is 6.10 Å². The Balaban J connectivity index is 2.36. The van der Waals surface area contributed by atoms with E-state index >= 15 is 0 Å². The quantitative estimate of drug-likeness (QED) is 0.793. The molecule has 0 heterocycles. The standard InChI is InChI=1S/C15H23FN2O2/c1-4-18(5-2)10-9-17-15(19)12(3)20-14-8-6-7-13(16)11-14/h6-8,11-12H,4-5,9-10H2,1-3H3,(H,17,19). The Morgan fingerprint density at radius 2 is 2.10 bits per heavy atom. The number of rotatable bonds is 8. The van der Waals surface area contributed by atoms with Gasteiger partial charge in [0.25, 0.3) is 5.91 Å². The normalized spacial score (nSPS) is 12.2. The van der Waals surface area contributed by atoms with Crippen LogP contribution in [0.2, 0.25) is 0 Å². The first-order chi connectivity index (χ1) is 9.56. The van der Waals surface area contributed by atoms with Crippen molar-refractivity contribution < 1.29 is 13.9 Å². The Labute approximate surface area is 119 Å². The fourth-order valence-corrected chi connectivity index (χ4v) is 1.82. The number of ether oxygens (including phenoxy) is 1. The fourth-order valence-electron chi connectivity index (χ4n) is 1.82. The van der Waals surface area contributed by atoms with Crippen LogP contribution in [0, 0.1) is 5.82 Å². The molecule has 0 fully saturated rings. The minimum atomic E-state index is -0.645. The molecule has 0 bridgehead atoms. The molecule has 1 aromatic rings. The number of nitrogens with zero attached hydrogens (tertiary/aromatic N) is 1. The van der Waals surface area contributed by atoms with Gasteiger partial charge in [-0.1, -0.05) is 19.9 Å². The van der Waals surface area contributed by atoms with Crippen LogP contribution in [-0.2, 0) is 4.79 Å². The molecule has 1 atom stereocenters. The zero-order valence-corrected chi connectivity index (χ0v) is 12.4. The van der Waals surface area contributed by atoms with Gasteiger partial charge in [-0.3, -0.25) is 4.79 Å². The Hall–Kier alpha value is -1.62. The molecule has 5 heteroatoms. The van der Waals surface area contributed by atoms with Gasteiger partial charge in [0.05, 0.1) is 0 Å². The van der Waals surface area contributed by atoms with Crippen molar-refractivity contribution in [1.82, 2.24) is 10.2 Å². The van der Waals surface area contributed by atoms with E-state index in [-0.39, 0.29) is 11.7 Å². The van der Waals surface area contributed by atoms with E-state index in [1.54, 1.807) is 19.1 Å². The molecular formula is C15H23FN2O2. The lowest BCUT2D eigenvalue weighted by molar-refractivity contribution is -0.127. The third-order valence-corrected chi connectivity index (χ3v) is 3.10. The van der Waals surface area contributed by atoms with Gasteiger partial charge in [0, 0.05) is 19.2 Å². The first-order valence-electron chi connectivity index (χ1n) is 6.99. The summed E-state index contributed by atoms with van der Waals surface area (Å²) >= 11 is 0. The molecule has 1 unspecified atom stereocenters. The Morgan fingerprint density at radius 3 is 2.70 bits per heavy atom. The smallest absolute Gasteiger partial charge is 0.260 e. The molecule has 0 spiro atoms. The molecule has 0 saturated carbocycles. The van der Waals surface area contributed by atoms with E-state index in [0.29, 0.717) is 12.3 Å². The van der Waals surface area contributed by atoms with Gasteiger partial charge >= 0.3 is 0 Å². The first-order valence-corrected chi connectivity index (χ1v) is 6.99. The van der Waals surface area contributed by atoms with Crippen LogP contribution in [0.5, 0.6) is 5.75 Å². The van der Waals surface area contributed by atoms with Crippen molar-refractivity contribution in [2.75, 3.05) is 26.2 Å². The highest BCUT2D eigenvalue weighted by atomic mass is 19.1. The SMILES string of the molecule is CCN(CC)CCNC(=O)C(C)Oc1cccc(F)c1. The largest absolute Gasteiger partial charge is 0.481 e. The van der Waals surface area contributed by atoms with Crippen LogP contribution in [-0.4, -0.2) is 43.1 Å². The lowest BCUT2D eigenvalue weighted by Crippen LogP contribution is -2.40. The first kappa shape index (κ1) is 16.4. The Morgan fingerprint density at radius 1 is 1.40 bits per heavy atom. The summed E-state index contributed by atoms with van der Waals surface area (Å²) in [6.45, 7) is 9.13. The molecule has 1 N–H and O–H groups in total. The van der Waals surface area contributed by atoms with Gasteiger partial charge < -0.3 is 15.0 Å². The van der Waals surface area contributed by atoms with Crippen molar-refractivity contribution in [3.05, 3.63) is 30.1 Å². The molecule has 20 heavy (non-hydrogen) atoms. The number of carbonyl (C=O) groups excluding carboxylic acids is 1. The second-order valence-corrected chi connectivity index (χ2v) is 4.54. The van der Waals surface area contributed by atoms with Crippen molar-refractivity contribution in [2.45, 2.75) is 26.9 Å². The number of halogens is 1. The summed E-state index contributed by atoms with van der Waals surface area (Å²) in [7, 11) is 0. The number of hydrogen-bond donors (Lipinski definition) is 1. The molecule has 1 rings (SSSR count). The van der Waals surface area contributed by atoms with E-state index in [1.165, 1.54) is 12.1 Å².